The number of nitrogens with zero attached hydrogens (tertiary/aromatic N) is 1. The number of pyridine rings is 1. The van der Waals surface area contributed by atoms with E-state index in [1.165, 1.54) is 0 Å². The fourth-order valence-electron chi connectivity index (χ4n) is 1.64. The number of rotatable bonds is 5. The second-order valence-corrected chi connectivity index (χ2v) is 4.16. The molecular formula is C11H17N3O2. The lowest BCUT2D eigenvalue weighted by molar-refractivity contribution is -0.0728. The fraction of sp³-hybridized carbons (Fsp3) is 0.545. The van der Waals surface area contributed by atoms with Gasteiger partial charge < -0.3 is 20.9 Å². The molecule has 1 aromatic heterocycles. The van der Waals surface area contributed by atoms with E-state index in [4.69, 9.17) is 10.5 Å². The zero-order valence-electron chi connectivity index (χ0n) is 9.10. The van der Waals surface area contributed by atoms with Gasteiger partial charge in [0.2, 0.25) is 0 Å². The molecule has 2 rings (SSSR count). The minimum atomic E-state index is -0.558. The summed E-state index contributed by atoms with van der Waals surface area (Å²) in [6.07, 6.45) is 2.79. The van der Waals surface area contributed by atoms with Crippen molar-refractivity contribution in [1.82, 2.24) is 10.3 Å². The monoisotopic (exact) mass is 223 g/mol. The molecular weight excluding hydrogens is 206 g/mol. The molecule has 0 spiro atoms. The summed E-state index contributed by atoms with van der Waals surface area (Å²) in [5.41, 5.74) is 6.32. The van der Waals surface area contributed by atoms with Crippen molar-refractivity contribution in [3.05, 3.63) is 30.1 Å². The smallest absolute Gasteiger partial charge is 0.0929 e. The summed E-state index contributed by atoms with van der Waals surface area (Å²) in [6, 6.07) is 3.66. The van der Waals surface area contributed by atoms with Crippen LogP contribution in [0.2, 0.25) is 0 Å². The van der Waals surface area contributed by atoms with Crippen molar-refractivity contribution in [3.63, 3.8) is 0 Å². The maximum absolute atomic E-state index is 9.91. The Morgan fingerprint density at radius 1 is 1.62 bits per heavy atom. The molecule has 0 amide bonds. The van der Waals surface area contributed by atoms with Gasteiger partial charge in [-0.3, -0.25) is 4.98 Å². The average molecular weight is 223 g/mol. The van der Waals surface area contributed by atoms with Gasteiger partial charge in [-0.2, -0.15) is 0 Å². The van der Waals surface area contributed by atoms with Crippen LogP contribution in [0.1, 0.15) is 11.7 Å². The van der Waals surface area contributed by atoms with Gasteiger partial charge in [-0.15, -0.1) is 0 Å². The normalized spacial score (nSPS) is 20.1. The maximum Gasteiger partial charge on any atom is 0.0929 e. The lowest BCUT2D eigenvalue weighted by Gasteiger charge is -2.41. The molecule has 1 atom stereocenters. The van der Waals surface area contributed by atoms with Crippen molar-refractivity contribution in [2.75, 3.05) is 26.3 Å². The van der Waals surface area contributed by atoms with Crippen molar-refractivity contribution >= 4 is 0 Å². The van der Waals surface area contributed by atoms with Crippen LogP contribution >= 0.6 is 0 Å². The first-order valence-electron chi connectivity index (χ1n) is 5.37. The molecule has 0 saturated carbocycles. The fourth-order valence-corrected chi connectivity index (χ4v) is 1.64. The van der Waals surface area contributed by atoms with Crippen LogP contribution in [0, 0.1) is 0 Å². The quantitative estimate of drug-likeness (QED) is 0.623. The van der Waals surface area contributed by atoms with Gasteiger partial charge in [0.1, 0.15) is 0 Å². The summed E-state index contributed by atoms with van der Waals surface area (Å²) in [7, 11) is 0. The van der Waals surface area contributed by atoms with Crippen LogP contribution in [0.3, 0.4) is 0 Å². The van der Waals surface area contributed by atoms with E-state index in [-0.39, 0.29) is 5.54 Å². The van der Waals surface area contributed by atoms with Crippen LogP contribution in [-0.4, -0.2) is 41.9 Å². The van der Waals surface area contributed by atoms with Gasteiger partial charge in [0.15, 0.2) is 0 Å². The molecule has 1 aliphatic heterocycles. The number of nitrogens with one attached hydrogen (secondary N) is 1. The molecule has 5 nitrogen and oxygen atoms in total. The van der Waals surface area contributed by atoms with Crippen molar-refractivity contribution < 1.29 is 9.84 Å². The summed E-state index contributed by atoms with van der Waals surface area (Å²) in [6.45, 7) is 2.21. The zero-order chi connectivity index (χ0) is 11.4. The molecule has 4 N–H and O–H groups in total. The number of nitrogens with two attached hydrogens (primary N) is 1. The summed E-state index contributed by atoms with van der Waals surface area (Å²) in [5.74, 6) is 0. The molecule has 0 aromatic carbocycles. The highest BCUT2D eigenvalue weighted by molar-refractivity contribution is 5.12. The largest absolute Gasteiger partial charge is 0.387 e. The lowest BCUT2D eigenvalue weighted by Crippen LogP contribution is -2.65. The zero-order valence-corrected chi connectivity index (χ0v) is 9.10. The molecule has 1 unspecified atom stereocenters. The van der Waals surface area contributed by atoms with E-state index < -0.39 is 6.10 Å². The topological polar surface area (TPSA) is 80.4 Å². The molecule has 0 radical (unpaired) electrons. The molecule has 1 aromatic rings. The molecule has 0 bridgehead atoms. The Kier molecular flexibility index (Phi) is 3.50. The third-order valence-corrected chi connectivity index (χ3v) is 2.89. The number of β-amino-alcohol motifs (C(OH)–C–C–N with tert-alkyl or cyclic N) is 1. The second kappa shape index (κ2) is 4.88. The van der Waals surface area contributed by atoms with Crippen molar-refractivity contribution in [2.24, 2.45) is 5.73 Å². The van der Waals surface area contributed by atoms with Gasteiger partial charge in [0.05, 0.1) is 24.9 Å². The third-order valence-electron chi connectivity index (χ3n) is 2.89. The number of aliphatic hydroxyl groups is 1. The minimum absolute atomic E-state index is 0.150. The number of aromatic nitrogens is 1. The maximum atomic E-state index is 9.91. The molecule has 16 heavy (non-hydrogen) atoms. The molecule has 1 saturated heterocycles. The number of hydrogen-bond donors (Lipinski definition) is 3. The first kappa shape index (κ1) is 11.5. The minimum Gasteiger partial charge on any atom is -0.387 e. The van der Waals surface area contributed by atoms with E-state index >= 15 is 0 Å². The van der Waals surface area contributed by atoms with E-state index in [2.05, 4.69) is 10.3 Å². The number of aliphatic hydroxyl groups excluding tert-OH is 1. The highest BCUT2D eigenvalue weighted by atomic mass is 16.5. The molecule has 2 heterocycles. The number of ether oxygens (including phenoxy) is 1. The second-order valence-electron chi connectivity index (χ2n) is 4.16. The highest BCUT2D eigenvalue weighted by Crippen LogP contribution is 2.17. The van der Waals surface area contributed by atoms with Crippen molar-refractivity contribution in [1.29, 1.82) is 0 Å². The van der Waals surface area contributed by atoms with Crippen LogP contribution < -0.4 is 11.1 Å². The van der Waals surface area contributed by atoms with Gasteiger partial charge in [0, 0.05) is 31.0 Å². The van der Waals surface area contributed by atoms with Gasteiger partial charge in [0.25, 0.3) is 0 Å². The lowest BCUT2D eigenvalue weighted by atomic mass is 9.97. The van der Waals surface area contributed by atoms with Gasteiger partial charge in [-0.25, -0.2) is 0 Å². The Hall–Kier alpha value is -1.01. The summed E-state index contributed by atoms with van der Waals surface area (Å²) < 4.78 is 5.13. The van der Waals surface area contributed by atoms with Crippen LogP contribution in [-0.2, 0) is 4.74 Å². The molecule has 1 fully saturated rings. The predicted octanol–water partition coefficient (Wildman–Crippen LogP) is -0.568. The molecule has 1 aliphatic rings. The Labute approximate surface area is 94.6 Å². The van der Waals surface area contributed by atoms with Gasteiger partial charge >= 0.3 is 0 Å². The summed E-state index contributed by atoms with van der Waals surface area (Å²) >= 11 is 0. The highest BCUT2D eigenvalue weighted by Gasteiger charge is 2.37. The van der Waals surface area contributed by atoms with Crippen molar-refractivity contribution in [3.8, 4) is 0 Å². The Morgan fingerprint density at radius 2 is 2.44 bits per heavy atom. The van der Waals surface area contributed by atoms with Crippen LogP contribution in [0.5, 0.6) is 0 Å². The van der Waals surface area contributed by atoms with E-state index in [0.717, 1.165) is 5.56 Å². The first-order chi connectivity index (χ1) is 7.76. The van der Waals surface area contributed by atoms with Crippen LogP contribution in [0.4, 0.5) is 0 Å². The Bertz CT molecular complexity index is 322. The van der Waals surface area contributed by atoms with E-state index in [1.807, 2.05) is 12.1 Å². The van der Waals surface area contributed by atoms with Crippen molar-refractivity contribution in [2.45, 2.75) is 11.6 Å². The van der Waals surface area contributed by atoms with Gasteiger partial charge in [-0.1, -0.05) is 6.07 Å². The predicted molar refractivity (Wildman–Crippen MR) is 59.8 cm³/mol. The first-order valence-corrected chi connectivity index (χ1v) is 5.37. The summed E-state index contributed by atoms with van der Waals surface area (Å²) in [5, 5.41) is 13.2. The Morgan fingerprint density at radius 3 is 2.94 bits per heavy atom. The SMILES string of the molecule is NCC1(NCC(O)c2cccnc2)COC1. The molecule has 88 valence electrons. The van der Waals surface area contributed by atoms with E-state index in [9.17, 15) is 5.11 Å². The van der Waals surface area contributed by atoms with E-state index in [1.54, 1.807) is 12.4 Å². The van der Waals surface area contributed by atoms with Crippen LogP contribution in [0.25, 0.3) is 0 Å². The summed E-state index contributed by atoms with van der Waals surface area (Å²) in [4.78, 5) is 3.97. The average Bonchev–Trinajstić information content (AvgIpc) is 2.29. The van der Waals surface area contributed by atoms with E-state index in [0.29, 0.717) is 26.3 Å². The standard InChI is InChI=1S/C11H17N3O2/c12-6-11(7-16-8-11)14-5-10(15)9-2-1-3-13-4-9/h1-4,10,14-15H,5-8,12H2. The third kappa shape index (κ3) is 2.38. The molecule has 0 aliphatic carbocycles. The molecule has 5 heteroatoms. The number of hydrogen-bond acceptors (Lipinski definition) is 5. The van der Waals surface area contributed by atoms with Crippen LogP contribution in [0.15, 0.2) is 24.5 Å². The Balaban J connectivity index is 1.86. The van der Waals surface area contributed by atoms with Gasteiger partial charge in [-0.05, 0) is 6.07 Å².